The van der Waals surface area contributed by atoms with Crippen LogP contribution in [0.3, 0.4) is 0 Å². The van der Waals surface area contributed by atoms with Crippen LogP contribution in [0.1, 0.15) is 12.0 Å². The average Bonchev–Trinajstić information content (AvgIpc) is 3.00. The van der Waals surface area contributed by atoms with Gasteiger partial charge in [-0.25, -0.2) is 9.97 Å². The van der Waals surface area contributed by atoms with Gasteiger partial charge in [-0.1, -0.05) is 12.2 Å². The molecule has 4 nitrogen and oxygen atoms in total. The quantitative estimate of drug-likeness (QED) is 0.715. The Morgan fingerprint density at radius 2 is 1.88 bits per heavy atom. The number of hydrogen-bond acceptors (Lipinski definition) is 4. The van der Waals surface area contributed by atoms with Crippen LogP contribution in [0.5, 0.6) is 0 Å². The van der Waals surface area contributed by atoms with Crippen LogP contribution in [0.2, 0.25) is 0 Å². The molecule has 0 spiro atoms. The first-order valence-electron chi connectivity index (χ1n) is 6.25. The highest BCUT2D eigenvalue weighted by atomic mass is 15.3. The molecule has 0 bridgehead atoms. The van der Waals surface area contributed by atoms with Crippen molar-refractivity contribution < 1.29 is 0 Å². The monoisotopic (exact) mass is 230 g/mol. The molecule has 0 N–H and O–H groups in total. The van der Waals surface area contributed by atoms with Gasteiger partial charge < -0.3 is 4.90 Å². The predicted octanol–water partition coefficient (Wildman–Crippen LogP) is 1.24. The zero-order valence-corrected chi connectivity index (χ0v) is 10.2. The Hall–Kier alpha value is -1.42. The van der Waals surface area contributed by atoms with Crippen LogP contribution in [-0.2, 0) is 0 Å². The van der Waals surface area contributed by atoms with E-state index in [1.807, 2.05) is 19.3 Å². The summed E-state index contributed by atoms with van der Waals surface area (Å²) in [6.07, 6.45) is 9.52. The number of rotatable bonds is 2. The Kier molecular flexibility index (Phi) is 2.81. The maximum atomic E-state index is 4.40. The molecule has 90 valence electrons. The molecule has 0 radical (unpaired) electrons. The highest BCUT2D eigenvalue weighted by Crippen LogP contribution is 2.21. The topological polar surface area (TPSA) is 32.3 Å². The van der Waals surface area contributed by atoms with Crippen molar-refractivity contribution in [1.29, 1.82) is 0 Å². The van der Waals surface area contributed by atoms with E-state index in [0.29, 0.717) is 6.04 Å². The molecule has 0 aromatic carbocycles. The number of aryl methyl sites for hydroxylation is 1. The first-order valence-corrected chi connectivity index (χ1v) is 6.25. The molecule has 2 aliphatic rings. The zero-order chi connectivity index (χ0) is 11.7. The second-order valence-electron chi connectivity index (χ2n) is 4.87. The highest BCUT2D eigenvalue weighted by molar-refractivity contribution is 5.32. The minimum absolute atomic E-state index is 0.662. The molecule has 1 aromatic heterocycles. The van der Waals surface area contributed by atoms with Gasteiger partial charge in [-0.2, -0.15) is 0 Å². The molecule has 17 heavy (non-hydrogen) atoms. The van der Waals surface area contributed by atoms with Crippen molar-refractivity contribution in [3.8, 4) is 0 Å². The van der Waals surface area contributed by atoms with E-state index in [1.165, 1.54) is 6.42 Å². The summed E-state index contributed by atoms with van der Waals surface area (Å²) in [7, 11) is 0. The summed E-state index contributed by atoms with van der Waals surface area (Å²) in [5.41, 5.74) is 1.12. The van der Waals surface area contributed by atoms with Crippen molar-refractivity contribution >= 4 is 5.95 Å². The van der Waals surface area contributed by atoms with Gasteiger partial charge in [0.25, 0.3) is 0 Å². The van der Waals surface area contributed by atoms with Crippen molar-refractivity contribution in [1.82, 2.24) is 14.9 Å². The zero-order valence-electron chi connectivity index (χ0n) is 10.2. The fraction of sp³-hybridized carbons (Fsp3) is 0.538. The van der Waals surface area contributed by atoms with E-state index in [2.05, 4.69) is 31.9 Å². The molecule has 0 saturated carbocycles. The van der Waals surface area contributed by atoms with E-state index < -0.39 is 0 Å². The second kappa shape index (κ2) is 4.45. The molecule has 2 aliphatic heterocycles. The van der Waals surface area contributed by atoms with Crippen molar-refractivity contribution in [2.24, 2.45) is 0 Å². The van der Waals surface area contributed by atoms with Gasteiger partial charge in [0, 0.05) is 44.6 Å². The van der Waals surface area contributed by atoms with E-state index in [0.717, 1.165) is 37.7 Å². The van der Waals surface area contributed by atoms with Crippen LogP contribution in [0.25, 0.3) is 0 Å². The lowest BCUT2D eigenvalue weighted by Crippen LogP contribution is -2.36. The summed E-state index contributed by atoms with van der Waals surface area (Å²) < 4.78 is 0. The molecule has 3 heterocycles. The lowest BCUT2D eigenvalue weighted by molar-refractivity contribution is 0.271. The smallest absolute Gasteiger partial charge is 0.225 e. The van der Waals surface area contributed by atoms with Crippen LogP contribution in [-0.4, -0.2) is 47.1 Å². The summed E-state index contributed by atoms with van der Waals surface area (Å²) in [4.78, 5) is 13.6. The van der Waals surface area contributed by atoms with E-state index in [4.69, 9.17) is 0 Å². The summed E-state index contributed by atoms with van der Waals surface area (Å²) in [6.45, 7) is 6.36. The fourth-order valence-corrected chi connectivity index (χ4v) is 2.56. The Morgan fingerprint density at radius 1 is 1.18 bits per heavy atom. The number of aromatic nitrogens is 2. The van der Waals surface area contributed by atoms with Gasteiger partial charge in [-0.05, 0) is 18.9 Å². The van der Waals surface area contributed by atoms with Gasteiger partial charge in [-0.15, -0.1) is 0 Å². The highest BCUT2D eigenvalue weighted by Gasteiger charge is 2.28. The van der Waals surface area contributed by atoms with Gasteiger partial charge in [-0.3, -0.25) is 4.90 Å². The van der Waals surface area contributed by atoms with Gasteiger partial charge in [0.2, 0.25) is 5.95 Å². The maximum Gasteiger partial charge on any atom is 0.225 e. The second-order valence-corrected chi connectivity index (χ2v) is 4.87. The van der Waals surface area contributed by atoms with Crippen molar-refractivity contribution in [2.75, 3.05) is 31.1 Å². The summed E-state index contributed by atoms with van der Waals surface area (Å²) in [6, 6.07) is 0.662. The third kappa shape index (κ3) is 2.17. The van der Waals surface area contributed by atoms with Crippen LogP contribution < -0.4 is 4.90 Å². The molecule has 1 aromatic rings. The lowest BCUT2D eigenvalue weighted by atomic mass is 10.2. The Morgan fingerprint density at radius 3 is 2.59 bits per heavy atom. The first-order chi connectivity index (χ1) is 8.33. The molecular formula is C13H18N4. The number of hydrogen-bond donors (Lipinski definition) is 0. The minimum Gasteiger partial charge on any atom is -0.339 e. The summed E-state index contributed by atoms with van der Waals surface area (Å²) in [5, 5.41) is 0. The minimum atomic E-state index is 0.662. The van der Waals surface area contributed by atoms with Crippen LogP contribution >= 0.6 is 0 Å². The Labute approximate surface area is 102 Å². The molecule has 0 aliphatic carbocycles. The molecule has 1 atom stereocenters. The van der Waals surface area contributed by atoms with Crippen LogP contribution in [0, 0.1) is 6.92 Å². The third-order valence-electron chi connectivity index (χ3n) is 3.58. The SMILES string of the molecule is Cc1cnc(N2CCC(N3CC=CC3)C2)nc1. The molecule has 1 saturated heterocycles. The number of nitrogens with zero attached hydrogens (tertiary/aromatic N) is 4. The number of anilines is 1. The van der Waals surface area contributed by atoms with Crippen LogP contribution in [0.4, 0.5) is 5.95 Å². The summed E-state index contributed by atoms with van der Waals surface area (Å²) in [5.74, 6) is 0.880. The van der Waals surface area contributed by atoms with Gasteiger partial charge in [0.05, 0.1) is 0 Å². The van der Waals surface area contributed by atoms with Gasteiger partial charge >= 0.3 is 0 Å². The van der Waals surface area contributed by atoms with Gasteiger partial charge in [0.1, 0.15) is 0 Å². The summed E-state index contributed by atoms with van der Waals surface area (Å²) >= 11 is 0. The fourth-order valence-electron chi connectivity index (χ4n) is 2.56. The van der Waals surface area contributed by atoms with Crippen molar-refractivity contribution in [3.63, 3.8) is 0 Å². The largest absolute Gasteiger partial charge is 0.339 e. The molecule has 1 fully saturated rings. The third-order valence-corrected chi connectivity index (χ3v) is 3.58. The standard InChI is InChI=1S/C13H18N4/c1-11-8-14-13(15-9-11)17-7-4-12(10-17)16-5-2-3-6-16/h2-3,8-9,12H,4-7,10H2,1H3. The van der Waals surface area contributed by atoms with E-state index in [1.54, 1.807) is 0 Å². The molecule has 3 rings (SSSR count). The lowest BCUT2D eigenvalue weighted by Gasteiger charge is -2.23. The van der Waals surface area contributed by atoms with Gasteiger partial charge in [0.15, 0.2) is 0 Å². The van der Waals surface area contributed by atoms with Crippen molar-refractivity contribution in [3.05, 3.63) is 30.1 Å². The molecule has 4 heteroatoms. The Balaban J connectivity index is 1.65. The Bertz CT molecular complexity index is 404. The van der Waals surface area contributed by atoms with E-state index in [9.17, 15) is 0 Å². The molecular weight excluding hydrogens is 212 g/mol. The van der Waals surface area contributed by atoms with Crippen LogP contribution in [0.15, 0.2) is 24.5 Å². The van der Waals surface area contributed by atoms with E-state index in [-0.39, 0.29) is 0 Å². The normalized spacial score (nSPS) is 24.8. The molecule has 1 unspecified atom stereocenters. The molecule has 0 amide bonds. The van der Waals surface area contributed by atoms with Crippen molar-refractivity contribution in [2.45, 2.75) is 19.4 Å². The maximum absolute atomic E-state index is 4.40. The van der Waals surface area contributed by atoms with E-state index >= 15 is 0 Å². The predicted molar refractivity (Wildman–Crippen MR) is 68.1 cm³/mol. The first kappa shape index (κ1) is 10.7. The average molecular weight is 230 g/mol.